The minimum Gasteiger partial charge on any atom is -0.454 e. The molecule has 0 aliphatic carbocycles. The zero-order valence-electron chi connectivity index (χ0n) is 10.4. The highest BCUT2D eigenvalue weighted by Crippen LogP contribution is 2.39. The smallest absolute Gasteiger partial charge is 0.267 e. The van der Waals surface area contributed by atoms with Crippen molar-refractivity contribution in [3.05, 3.63) is 32.9 Å². The van der Waals surface area contributed by atoms with Gasteiger partial charge in [-0.15, -0.1) is 11.3 Å². The number of ether oxygens (including phenoxy) is 2. The summed E-state index contributed by atoms with van der Waals surface area (Å²) in [6.45, 7) is 0.240. The number of thiazole rings is 1. The maximum absolute atomic E-state index is 12.1. The lowest BCUT2D eigenvalue weighted by Gasteiger charge is -1.96. The molecule has 0 unspecified atom stereocenters. The molecule has 21 heavy (non-hydrogen) atoms. The van der Waals surface area contributed by atoms with Crippen molar-refractivity contribution in [2.45, 2.75) is 0 Å². The average molecular weight is 383 g/mol. The van der Waals surface area contributed by atoms with E-state index in [1.165, 1.54) is 22.7 Å². The van der Waals surface area contributed by atoms with Crippen molar-refractivity contribution in [1.29, 1.82) is 0 Å². The number of hydrogen-bond acceptors (Lipinski definition) is 6. The number of nitrogens with one attached hydrogen (secondary N) is 1. The van der Waals surface area contributed by atoms with Crippen molar-refractivity contribution in [3.63, 3.8) is 0 Å². The van der Waals surface area contributed by atoms with Crippen molar-refractivity contribution in [1.82, 2.24) is 4.98 Å². The van der Waals surface area contributed by atoms with Gasteiger partial charge in [-0.1, -0.05) is 11.3 Å². The molecule has 0 radical (unpaired) electrons. The molecule has 0 saturated carbocycles. The number of carbonyl (C=O) groups is 1. The van der Waals surface area contributed by atoms with Crippen molar-refractivity contribution < 1.29 is 14.3 Å². The van der Waals surface area contributed by atoms with Crippen LogP contribution < -0.4 is 14.8 Å². The predicted molar refractivity (Wildman–Crippen MR) is 85.7 cm³/mol. The van der Waals surface area contributed by atoms with E-state index in [1.54, 1.807) is 6.07 Å². The molecule has 106 valence electrons. The molecule has 1 aliphatic heterocycles. The summed E-state index contributed by atoms with van der Waals surface area (Å²) in [7, 11) is 0. The quantitative estimate of drug-likeness (QED) is 0.724. The van der Waals surface area contributed by atoms with E-state index in [9.17, 15) is 4.79 Å². The Morgan fingerprint density at radius 3 is 2.81 bits per heavy atom. The monoisotopic (exact) mass is 382 g/mol. The van der Waals surface area contributed by atoms with Gasteiger partial charge >= 0.3 is 0 Å². The summed E-state index contributed by atoms with van der Waals surface area (Å²) in [4.78, 5) is 17.1. The van der Waals surface area contributed by atoms with E-state index >= 15 is 0 Å². The number of hydrogen-bond donors (Lipinski definition) is 1. The lowest BCUT2D eigenvalue weighted by atomic mass is 10.3. The third-order valence-corrected chi connectivity index (χ3v) is 5.46. The minimum atomic E-state index is -0.162. The van der Waals surface area contributed by atoms with Gasteiger partial charge in [0.25, 0.3) is 5.91 Å². The molecule has 1 amide bonds. The Hall–Kier alpha value is -1.64. The van der Waals surface area contributed by atoms with Gasteiger partial charge in [0.2, 0.25) is 6.79 Å². The van der Waals surface area contributed by atoms with Gasteiger partial charge in [0, 0.05) is 12.1 Å². The molecule has 3 heterocycles. The molecular formula is C13H7BrN2O3S2. The van der Waals surface area contributed by atoms with Gasteiger partial charge in [-0.2, -0.15) is 0 Å². The van der Waals surface area contributed by atoms with Crippen LogP contribution in [0.3, 0.4) is 0 Å². The third-order valence-electron chi connectivity index (χ3n) is 2.90. The van der Waals surface area contributed by atoms with Gasteiger partial charge in [-0.25, -0.2) is 4.98 Å². The molecule has 2 aromatic heterocycles. The number of amides is 1. The van der Waals surface area contributed by atoms with Crippen LogP contribution in [-0.2, 0) is 0 Å². The van der Waals surface area contributed by atoms with Crippen molar-refractivity contribution in [2.75, 3.05) is 12.1 Å². The number of anilines is 1. The maximum atomic E-state index is 12.1. The van der Waals surface area contributed by atoms with E-state index in [0.29, 0.717) is 21.5 Å². The minimum absolute atomic E-state index is 0.162. The molecule has 8 heteroatoms. The standard InChI is InChI=1S/C13H7BrN2O3S2/c14-11-2-1-9(20-11)12(17)16-13-15-6-3-7-8(19-5-18-7)4-10(6)21-13/h1-4H,5H2,(H,15,16,17). The number of carbonyl (C=O) groups excluding carboxylic acids is 1. The Morgan fingerprint density at radius 1 is 1.24 bits per heavy atom. The van der Waals surface area contributed by atoms with E-state index in [1.807, 2.05) is 18.2 Å². The SMILES string of the molecule is O=C(Nc1nc2cc3c(cc2s1)OCO3)c1ccc(Br)s1. The summed E-state index contributed by atoms with van der Waals surface area (Å²) < 4.78 is 12.5. The van der Waals surface area contributed by atoms with E-state index in [4.69, 9.17) is 9.47 Å². The van der Waals surface area contributed by atoms with Crippen LogP contribution in [0.15, 0.2) is 28.1 Å². The zero-order chi connectivity index (χ0) is 14.4. The van der Waals surface area contributed by atoms with Gasteiger partial charge < -0.3 is 9.47 Å². The molecule has 4 rings (SSSR count). The number of benzene rings is 1. The number of thiophene rings is 1. The lowest BCUT2D eigenvalue weighted by Crippen LogP contribution is -2.09. The fourth-order valence-electron chi connectivity index (χ4n) is 1.97. The number of nitrogens with zero attached hydrogens (tertiary/aromatic N) is 1. The summed E-state index contributed by atoms with van der Waals surface area (Å²) in [5.41, 5.74) is 0.784. The second kappa shape index (κ2) is 4.97. The van der Waals surface area contributed by atoms with Crippen LogP contribution in [0.2, 0.25) is 0 Å². The molecule has 0 spiro atoms. The summed E-state index contributed by atoms with van der Waals surface area (Å²) in [6, 6.07) is 7.32. The Kier molecular flexibility index (Phi) is 3.09. The topological polar surface area (TPSA) is 60.5 Å². The Labute approximate surface area is 135 Å². The summed E-state index contributed by atoms with van der Waals surface area (Å²) in [6.07, 6.45) is 0. The molecule has 1 aromatic carbocycles. The first kappa shape index (κ1) is 13.1. The maximum Gasteiger partial charge on any atom is 0.267 e. The van der Waals surface area contributed by atoms with Crippen LogP contribution >= 0.6 is 38.6 Å². The Balaban J connectivity index is 1.64. The second-order valence-electron chi connectivity index (χ2n) is 4.25. The first-order valence-electron chi connectivity index (χ1n) is 5.96. The van der Waals surface area contributed by atoms with E-state index < -0.39 is 0 Å². The van der Waals surface area contributed by atoms with Crippen molar-refractivity contribution in [2.24, 2.45) is 0 Å². The highest BCUT2D eigenvalue weighted by Gasteiger charge is 2.17. The third kappa shape index (κ3) is 2.39. The van der Waals surface area contributed by atoms with Gasteiger partial charge in [0.1, 0.15) is 0 Å². The van der Waals surface area contributed by atoms with Crippen LogP contribution in [-0.4, -0.2) is 17.7 Å². The summed E-state index contributed by atoms with van der Waals surface area (Å²) >= 11 is 6.13. The molecular weight excluding hydrogens is 376 g/mol. The van der Waals surface area contributed by atoms with Gasteiger partial charge in [-0.05, 0) is 28.1 Å². The van der Waals surface area contributed by atoms with Crippen LogP contribution in [0.4, 0.5) is 5.13 Å². The lowest BCUT2D eigenvalue weighted by molar-refractivity contribution is 0.103. The first-order chi connectivity index (χ1) is 10.2. The number of halogens is 1. The molecule has 0 bridgehead atoms. The predicted octanol–water partition coefficient (Wildman–Crippen LogP) is 4.10. The molecule has 0 saturated heterocycles. The fraction of sp³-hybridized carbons (Fsp3) is 0.0769. The highest BCUT2D eigenvalue weighted by atomic mass is 79.9. The fourth-order valence-corrected chi connectivity index (χ4v) is 4.12. The van der Waals surface area contributed by atoms with Crippen molar-refractivity contribution in [3.8, 4) is 11.5 Å². The number of aromatic nitrogens is 1. The summed E-state index contributed by atoms with van der Waals surface area (Å²) in [5, 5.41) is 3.37. The van der Waals surface area contributed by atoms with Crippen molar-refractivity contribution >= 4 is 59.9 Å². The van der Waals surface area contributed by atoms with Gasteiger partial charge in [0.15, 0.2) is 16.6 Å². The Morgan fingerprint density at radius 2 is 2.05 bits per heavy atom. The first-order valence-corrected chi connectivity index (χ1v) is 8.38. The molecule has 0 atom stereocenters. The van der Waals surface area contributed by atoms with Crippen LogP contribution in [0, 0.1) is 0 Å². The van der Waals surface area contributed by atoms with Crippen LogP contribution in [0.25, 0.3) is 10.2 Å². The number of fused-ring (bicyclic) bond motifs is 2. The zero-order valence-corrected chi connectivity index (χ0v) is 13.6. The van der Waals surface area contributed by atoms with E-state index in [-0.39, 0.29) is 12.7 Å². The van der Waals surface area contributed by atoms with Crippen LogP contribution in [0.1, 0.15) is 9.67 Å². The van der Waals surface area contributed by atoms with Gasteiger partial charge in [0.05, 0.1) is 18.9 Å². The van der Waals surface area contributed by atoms with E-state index in [2.05, 4.69) is 26.2 Å². The van der Waals surface area contributed by atoms with Crippen LogP contribution in [0.5, 0.6) is 11.5 Å². The molecule has 0 fully saturated rings. The molecule has 3 aromatic rings. The Bertz CT molecular complexity index is 817. The van der Waals surface area contributed by atoms with Gasteiger partial charge in [-0.3, -0.25) is 10.1 Å². The molecule has 5 nitrogen and oxygen atoms in total. The molecule has 1 aliphatic rings. The second-order valence-corrected chi connectivity index (χ2v) is 7.74. The van der Waals surface area contributed by atoms with E-state index in [0.717, 1.165) is 14.0 Å². The normalized spacial score (nSPS) is 12.8. The largest absolute Gasteiger partial charge is 0.454 e. The highest BCUT2D eigenvalue weighted by molar-refractivity contribution is 9.11. The number of rotatable bonds is 2. The molecule has 1 N–H and O–H groups in total. The average Bonchev–Trinajstić information content (AvgIpc) is 3.14. The summed E-state index contributed by atoms with van der Waals surface area (Å²) in [5.74, 6) is 1.24.